The van der Waals surface area contributed by atoms with Crippen molar-refractivity contribution in [3.63, 3.8) is 0 Å². The Bertz CT molecular complexity index is 485. The second-order valence-electron chi connectivity index (χ2n) is 7.15. The first kappa shape index (κ1) is 16.3. The van der Waals surface area contributed by atoms with E-state index in [1.165, 1.54) is 0 Å². The summed E-state index contributed by atoms with van der Waals surface area (Å²) in [4.78, 5) is 38.2. The molecule has 0 aromatic heterocycles. The van der Waals surface area contributed by atoms with Gasteiger partial charge in [0.25, 0.3) is 5.91 Å². The zero-order valence-electron chi connectivity index (χ0n) is 13.9. The molecular weight excluding hydrogens is 294 g/mol. The quantitative estimate of drug-likeness (QED) is 0.502. The summed E-state index contributed by atoms with van der Waals surface area (Å²) >= 11 is 0. The minimum absolute atomic E-state index is 0.153. The lowest BCUT2D eigenvalue weighted by molar-refractivity contribution is -0.136. The maximum absolute atomic E-state index is 12.8. The van der Waals surface area contributed by atoms with Crippen LogP contribution in [0.25, 0.3) is 0 Å². The Labute approximate surface area is 137 Å². The molecule has 1 saturated heterocycles. The van der Waals surface area contributed by atoms with Gasteiger partial charge in [-0.3, -0.25) is 14.5 Å². The van der Waals surface area contributed by atoms with E-state index in [2.05, 4.69) is 17.6 Å². The van der Waals surface area contributed by atoms with Crippen molar-refractivity contribution in [2.75, 3.05) is 13.1 Å². The summed E-state index contributed by atoms with van der Waals surface area (Å²) in [5.74, 6) is 0.128. The number of hydrogen-bond acceptors (Lipinski definition) is 3. The van der Waals surface area contributed by atoms with Gasteiger partial charge in [0.2, 0.25) is 5.91 Å². The Morgan fingerprint density at radius 3 is 2.39 bits per heavy atom. The molecule has 0 bridgehead atoms. The second kappa shape index (κ2) is 6.49. The minimum atomic E-state index is -0.696. The zero-order valence-corrected chi connectivity index (χ0v) is 13.9. The molecule has 128 valence electrons. The molecule has 2 aliphatic carbocycles. The predicted octanol–water partition coefficient (Wildman–Crippen LogP) is 1.79. The van der Waals surface area contributed by atoms with Crippen molar-refractivity contribution >= 4 is 17.8 Å². The van der Waals surface area contributed by atoms with Crippen molar-refractivity contribution in [3.05, 3.63) is 0 Å². The molecule has 2 saturated carbocycles. The SMILES string of the molecule is CCCCCCNC(=O)CN1C(=O)NC(C2CC2)(C2CC2)C1=O. The Morgan fingerprint density at radius 1 is 1.17 bits per heavy atom. The fourth-order valence-electron chi connectivity index (χ4n) is 3.70. The molecule has 3 fully saturated rings. The van der Waals surface area contributed by atoms with Gasteiger partial charge in [-0.15, -0.1) is 0 Å². The highest BCUT2D eigenvalue weighted by Crippen LogP contribution is 2.54. The van der Waals surface area contributed by atoms with Gasteiger partial charge >= 0.3 is 6.03 Å². The summed E-state index contributed by atoms with van der Waals surface area (Å²) in [5.41, 5.74) is -0.696. The van der Waals surface area contributed by atoms with Crippen LogP contribution in [-0.4, -0.2) is 41.4 Å². The molecule has 2 N–H and O–H groups in total. The molecule has 0 spiro atoms. The number of imide groups is 1. The molecule has 3 rings (SSSR count). The summed E-state index contributed by atoms with van der Waals surface area (Å²) in [6, 6.07) is -0.394. The molecule has 0 aromatic rings. The summed E-state index contributed by atoms with van der Waals surface area (Å²) in [6.07, 6.45) is 8.34. The number of hydrogen-bond donors (Lipinski definition) is 2. The molecule has 23 heavy (non-hydrogen) atoms. The number of urea groups is 1. The lowest BCUT2D eigenvalue weighted by Crippen LogP contribution is -2.51. The van der Waals surface area contributed by atoms with Crippen LogP contribution in [0.15, 0.2) is 0 Å². The van der Waals surface area contributed by atoms with E-state index in [0.29, 0.717) is 6.54 Å². The van der Waals surface area contributed by atoms with Crippen LogP contribution in [0.2, 0.25) is 0 Å². The van der Waals surface area contributed by atoms with Gasteiger partial charge in [-0.1, -0.05) is 26.2 Å². The molecule has 4 amide bonds. The van der Waals surface area contributed by atoms with Crippen LogP contribution in [0.5, 0.6) is 0 Å². The Morgan fingerprint density at radius 2 is 1.83 bits per heavy atom. The fourth-order valence-corrected chi connectivity index (χ4v) is 3.70. The van der Waals surface area contributed by atoms with Gasteiger partial charge in [0.05, 0.1) is 0 Å². The number of unbranched alkanes of at least 4 members (excludes halogenated alkanes) is 3. The highest BCUT2D eigenvalue weighted by Gasteiger charge is 2.65. The topological polar surface area (TPSA) is 78.5 Å². The van der Waals surface area contributed by atoms with Crippen LogP contribution in [0.4, 0.5) is 4.79 Å². The lowest BCUT2D eigenvalue weighted by Gasteiger charge is -2.26. The van der Waals surface area contributed by atoms with Crippen molar-refractivity contribution in [2.45, 2.75) is 63.8 Å². The average molecular weight is 321 g/mol. The van der Waals surface area contributed by atoms with Gasteiger partial charge < -0.3 is 10.6 Å². The Balaban J connectivity index is 1.53. The highest BCUT2D eigenvalue weighted by molar-refractivity contribution is 6.09. The van der Waals surface area contributed by atoms with Gasteiger partial charge in [-0.25, -0.2) is 4.79 Å². The molecule has 6 nitrogen and oxygen atoms in total. The molecule has 1 heterocycles. The number of amides is 4. The van der Waals surface area contributed by atoms with E-state index in [4.69, 9.17) is 0 Å². The van der Waals surface area contributed by atoms with Gasteiger partial charge in [0, 0.05) is 6.54 Å². The van der Waals surface area contributed by atoms with Crippen LogP contribution in [0, 0.1) is 11.8 Å². The third-order valence-electron chi connectivity index (χ3n) is 5.25. The summed E-state index contributed by atoms with van der Waals surface area (Å²) < 4.78 is 0. The Kier molecular flexibility index (Phi) is 4.60. The molecule has 6 heteroatoms. The van der Waals surface area contributed by atoms with Crippen LogP contribution < -0.4 is 10.6 Å². The molecule has 0 aromatic carbocycles. The fraction of sp³-hybridized carbons (Fsp3) is 0.824. The summed E-state index contributed by atoms with van der Waals surface area (Å²) in [6.45, 7) is 2.60. The maximum Gasteiger partial charge on any atom is 0.325 e. The van der Waals surface area contributed by atoms with Crippen molar-refractivity contribution < 1.29 is 14.4 Å². The molecule has 3 aliphatic rings. The van der Waals surface area contributed by atoms with E-state index in [1.807, 2.05) is 0 Å². The average Bonchev–Trinajstić information content (AvgIpc) is 3.40. The molecular formula is C17H27N3O3. The van der Waals surface area contributed by atoms with E-state index >= 15 is 0 Å². The number of rotatable bonds is 9. The maximum atomic E-state index is 12.8. The summed E-state index contributed by atoms with van der Waals surface area (Å²) in [7, 11) is 0. The van der Waals surface area contributed by atoms with Gasteiger partial charge in [-0.2, -0.15) is 0 Å². The van der Waals surface area contributed by atoms with E-state index in [1.54, 1.807) is 0 Å². The zero-order chi connectivity index (χ0) is 16.4. The number of carbonyl (C=O) groups is 3. The molecule has 0 atom stereocenters. The van der Waals surface area contributed by atoms with E-state index in [9.17, 15) is 14.4 Å². The number of nitrogens with one attached hydrogen (secondary N) is 2. The molecule has 0 unspecified atom stereocenters. The monoisotopic (exact) mass is 321 g/mol. The summed E-state index contributed by atoms with van der Waals surface area (Å²) in [5, 5.41) is 5.75. The third kappa shape index (κ3) is 3.21. The smallest absolute Gasteiger partial charge is 0.325 e. The molecule has 1 aliphatic heterocycles. The largest absolute Gasteiger partial charge is 0.355 e. The van der Waals surface area contributed by atoms with Crippen LogP contribution in [0.3, 0.4) is 0 Å². The van der Waals surface area contributed by atoms with E-state index < -0.39 is 11.6 Å². The minimum Gasteiger partial charge on any atom is -0.355 e. The first-order chi connectivity index (χ1) is 11.1. The first-order valence-corrected chi connectivity index (χ1v) is 9.00. The lowest BCUT2D eigenvalue weighted by atomic mass is 9.87. The normalized spacial score (nSPS) is 23.1. The van der Waals surface area contributed by atoms with Crippen molar-refractivity contribution in [2.24, 2.45) is 11.8 Å². The standard InChI is InChI=1S/C17H27N3O3/c1-2-3-4-5-10-18-14(21)11-20-15(22)17(12-6-7-12,13-8-9-13)19-16(20)23/h12-13H,2-11H2,1H3,(H,18,21)(H,19,23). The van der Waals surface area contributed by atoms with Crippen LogP contribution in [-0.2, 0) is 9.59 Å². The van der Waals surface area contributed by atoms with Crippen LogP contribution >= 0.6 is 0 Å². The number of carbonyl (C=O) groups excluding carboxylic acids is 3. The van der Waals surface area contributed by atoms with Crippen molar-refractivity contribution in [1.82, 2.24) is 15.5 Å². The van der Waals surface area contributed by atoms with E-state index in [-0.39, 0.29) is 30.2 Å². The number of nitrogens with zero attached hydrogens (tertiary/aromatic N) is 1. The van der Waals surface area contributed by atoms with E-state index in [0.717, 1.165) is 56.3 Å². The first-order valence-electron chi connectivity index (χ1n) is 9.00. The third-order valence-corrected chi connectivity index (χ3v) is 5.25. The van der Waals surface area contributed by atoms with Crippen molar-refractivity contribution in [1.29, 1.82) is 0 Å². The highest BCUT2D eigenvalue weighted by atomic mass is 16.2. The predicted molar refractivity (Wildman–Crippen MR) is 85.6 cm³/mol. The second-order valence-corrected chi connectivity index (χ2v) is 7.15. The Hall–Kier alpha value is -1.59. The molecule has 0 radical (unpaired) electrons. The van der Waals surface area contributed by atoms with Gasteiger partial charge in [-0.05, 0) is 43.9 Å². The van der Waals surface area contributed by atoms with Crippen LogP contribution in [0.1, 0.15) is 58.3 Å². The van der Waals surface area contributed by atoms with Gasteiger partial charge in [0.1, 0.15) is 12.1 Å². The van der Waals surface area contributed by atoms with Gasteiger partial charge in [0.15, 0.2) is 0 Å². The van der Waals surface area contributed by atoms with Crippen molar-refractivity contribution in [3.8, 4) is 0 Å².